The Bertz CT molecular complexity index is 927. The molecule has 120 valence electrons. The van der Waals surface area contributed by atoms with Gasteiger partial charge in [0.2, 0.25) is 0 Å². The highest BCUT2D eigenvalue weighted by Gasteiger charge is 2.21. The summed E-state index contributed by atoms with van der Waals surface area (Å²) in [4.78, 5) is 23.5. The topological polar surface area (TPSA) is 57.8 Å². The summed E-state index contributed by atoms with van der Waals surface area (Å²) in [6.07, 6.45) is 3.27. The second-order valence-electron chi connectivity index (χ2n) is 5.82. The van der Waals surface area contributed by atoms with Crippen LogP contribution in [-0.2, 0) is 19.4 Å². The summed E-state index contributed by atoms with van der Waals surface area (Å²) >= 11 is 6.88. The summed E-state index contributed by atoms with van der Waals surface area (Å²) in [5.74, 6) is 0.713. The predicted molar refractivity (Wildman–Crippen MR) is 99.5 cm³/mol. The maximum atomic E-state index is 12.4. The van der Waals surface area contributed by atoms with Gasteiger partial charge in [0.05, 0.1) is 11.9 Å². The van der Waals surface area contributed by atoms with E-state index in [1.54, 1.807) is 22.7 Å². The molecule has 4 nitrogen and oxygen atoms in total. The number of aryl methyl sites for hydroxylation is 2. The van der Waals surface area contributed by atoms with Gasteiger partial charge in [0.25, 0.3) is 5.56 Å². The third-order valence-corrected chi connectivity index (χ3v) is 7.28. The van der Waals surface area contributed by atoms with Gasteiger partial charge in [0, 0.05) is 25.6 Å². The van der Waals surface area contributed by atoms with Crippen molar-refractivity contribution < 1.29 is 0 Å². The van der Waals surface area contributed by atoms with Crippen LogP contribution in [0.5, 0.6) is 0 Å². The molecule has 3 aromatic heterocycles. The fourth-order valence-electron chi connectivity index (χ4n) is 3.04. The molecule has 0 saturated carbocycles. The van der Waals surface area contributed by atoms with E-state index in [4.69, 9.17) is 0 Å². The highest BCUT2D eigenvalue weighted by atomic mass is 79.9. The zero-order valence-electron chi connectivity index (χ0n) is 12.6. The molecule has 0 amide bonds. The summed E-state index contributed by atoms with van der Waals surface area (Å²) in [5.41, 5.74) is 1.24. The van der Waals surface area contributed by atoms with Gasteiger partial charge < -0.3 is 10.3 Å². The summed E-state index contributed by atoms with van der Waals surface area (Å²) in [5, 5.41) is 6.33. The Hall–Kier alpha value is -1.02. The molecule has 23 heavy (non-hydrogen) atoms. The van der Waals surface area contributed by atoms with Gasteiger partial charge in [-0.3, -0.25) is 4.79 Å². The monoisotopic (exact) mass is 409 g/mol. The highest BCUT2D eigenvalue weighted by Crippen LogP contribution is 2.34. The minimum atomic E-state index is 0.0118. The van der Waals surface area contributed by atoms with Crippen molar-refractivity contribution in [2.24, 2.45) is 0 Å². The number of fused-ring (bicyclic) bond motifs is 3. The van der Waals surface area contributed by atoms with Gasteiger partial charge in [-0.05, 0) is 53.7 Å². The van der Waals surface area contributed by atoms with Gasteiger partial charge in [-0.2, -0.15) is 0 Å². The molecule has 4 rings (SSSR count). The van der Waals surface area contributed by atoms with Crippen LogP contribution in [0.15, 0.2) is 20.7 Å². The third kappa shape index (κ3) is 2.91. The molecule has 0 spiro atoms. The van der Waals surface area contributed by atoms with Crippen LogP contribution >= 0.6 is 38.6 Å². The van der Waals surface area contributed by atoms with Crippen LogP contribution in [0.3, 0.4) is 0 Å². The minimum absolute atomic E-state index is 0.0118. The molecule has 2 N–H and O–H groups in total. The first-order valence-corrected chi connectivity index (χ1v) is 10.1. The van der Waals surface area contributed by atoms with Crippen molar-refractivity contribution >= 4 is 48.8 Å². The molecule has 0 bridgehead atoms. The molecule has 0 aliphatic heterocycles. The summed E-state index contributed by atoms with van der Waals surface area (Å²) in [6, 6.07) is 2.34. The van der Waals surface area contributed by atoms with Crippen LogP contribution < -0.4 is 10.9 Å². The van der Waals surface area contributed by atoms with Crippen molar-refractivity contribution in [1.29, 1.82) is 0 Å². The van der Waals surface area contributed by atoms with Crippen LogP contribution in [0.1, 0.15) is 40.5 Å². The fraction of sp³-hybridized carbons (Fsp3) is 0.375. The quantitative estimate of drug-likeness (QED) is 0.680. The number of thiophene rings is 2. The molecular formula is C16H16BrN3OS2. The Kier molecular flexibility index (Phi) is 4.13. The number of aromatic amines is 1. The lowest BCUT2D eigenvalue weighted by Crippen LogP contribution is -2.21. The second-order valence-corrected chi connectivity index (χ2v) is 8.76. The first-order valence-electron chi connectivity index (χ1n) is 7.62. The standard InChI is InChI=1S/C16H16BrN3OS2/c1-8(12-5-9(17)7-22-12)18-6-13-19-15(21)14-10-3-2-4-11(10)23-16(14)20-13/h5,7-8,18H,2-4,6H2,1H3,(H,19,20,21)/t8-/m1/s1. The van der Waals surface area contributed by atoms with Crippen molar-refractivity contribution in [2.45, 2.75) is 38.8 Å². The first-order chi connectivity index (χ1) is 11.1. The third-order valence-electron chi connectivity index (χ3n) is 4.21. The Morgan fingerprint density at radius 3 is 3.13 bits per heavy atom. The van der Waals surface area contributed by atoms with E-state index >= 15 is 0 Å². The Morgan fingerprint density at radius 2 is 2.35 bits per heavy atom. The zero-order valence-corrected chi connectivity index (χ0v) is 15.8. The Morgan fingerprint density at radius 1 is 1.48 bits per heavy atom. The van der Waals surface area contributed by atoms with Gasteiger partial charge in [0.15, 0.2) is 0 Å². The van der Waals surface area contributed by atoms with E-state index in [9.17, 15) is 4.79 Å². The number of nitrogens with zero attached hydrogens (tertiary/aromatic N) is 1. The number of rotatable bonds is 4. The average Bonchev–Trinajstić information content (AvgIpc) is 3.19. The van der Waals surface area contributed by atoms with Crippen molar-refractivity contribution in [2.75, 3.05) is 0 Å². The van der Waals surface area contributed by atoms with Gasteiger partial charge in [-0.15, -0.1) is 22.7 Å². The van der Waals surface area contributed by atoms with E-state index in [-0.39, 0.29) is 11.6 Å². The summed E-state index contributed by atoms with van der Waals surface area (Å²) in [7, 11) is 0. The van der Waals surface area contributed by atoms with Crippen molar-refractivity contribution in [3.63, 3.8) is 0 Å². The van der Waals surface area contributed by atoms with Crippen LogP contribution in [-0.4, -0.2) is 9.97 Å². The molecular weight excluding hydrogens is 394 g/mol. The minimum Gasteiger partial charge on any atom is -0.309 e. The van der Waals surface area contributed by atoms with E-state index in [0.717, 1.165) is 34.0 Å². The van der Waals surface area contributed by atoms with Crippen LogP contribution in [0, 0.1) is 0 Å². The van der Waals surface area contributed by atoms with E-state index in [1.165, 1.54) is 15.3 Å². The maximum absolute atomic E-state index is 12.4. The Labute approximate surface area is 150 Å². The largest absolute Gasteiger partial charge is 0.309 e. The van der Waals surface area contributed by atoms with E-state index in [1.807, 2.05) is 0 Å². The van der Waals surface area contributed by atoms with Crippen LogP contribution in [0.25, 0.3) is 10.2 Å². The summed E-state index contributed by atoms with van der Waals surface area (Å²) < 4.78 is 1.10. The van der Waals surface area contributed by atoms with Crippen molar-refractivity contribution in [3.8, 4) is 0 Å². The van der Waals surface area contributed by atoms with E-state index in [0.29, 0.717) is 12.4 Å². The second kappa shape index (κ2) is 6.12. The lowest BCUT2D eigenvalue weighted by molar-refractivity contribution is 0.567. The molecule has 7 heteroatoms. The molecule has 3 heterocycles. The lowest BCUT2D eigenvalue weighted by atomic mass is 10.2. The molecule has 3 aromatic rings. The SMILES string of the molecule is C[C@@H](NCc1nc2sc3c(c2c(=O)[nH]1)CCC3)c1cc(Br)cs1. The van der Waals surface area contributed by atoms with E-state index in [2.05, 4.69) is 49.6 Å². The summed E-state index contributed by atoms with van der Waals surface area (Å²) in [6.45, 7) is 2.68. The molecule has 0 unspecified atom stereocenters. The number of hydrogen-bond donors (Lipinski definition) is 2. The van der Waals surface area contributed by atoms with Crippen LogP contribution in [0.4, 0.5) is 0 Å². The number of aromatic nitrogens is 2. The van der Waals surface area contributed by atoms with Crippen molar-refractivity contribution in [1.82, 2.24) is 15.3 Å². The van der Waals surface area contributed by atoms with Gasteiger partial charge in [-0.1, -0.05) is 0 Å². The number of H-pyrrole nitrogens is 1. The molecule has 1 aliphatic carbocycles. The van der Waals surface area contributed by atoms with E-state index < -0.39 is 0 Å². The average molecular weight is 410 g/mol. The number of halogens is 1. The molecule has 1 aliphatic rings. The fourth-order valence-corrected chi connectivity index (χ4v) is 5.79. The molecule has 0 saturated heterocycles. The Balaban J connectivity index is 1.57. The van der Waals surface area contributed by atoms with Crippen molar-refractivity contribution in [3.05, 3.63) is 47.4 Å². The number of hydrogen-bond acceptors (Lipinski definition) is 5. The molecule has 1 atom stereocenters. The zero-order chi connectivity index (χ0) is 16.0. The number of nitrogens with one attached hydrogen (secondary N) is 2. The van der Waals surface area contributed by atoms with Crippen LogP contribution in [0.2, 0.25) is 0 Å². The predicted octanol–water partition coefficient (Wildman–Crippen LogP) is 4.15. The molecule has 0 fully saturated rings. The first kappa shape index (κ1) is 15.5. The van der Waals surface area contributed by atoms with Gasteiger partial charge in [-0.25, -0.2) is 4.98 Å². The maximum Gasteiger partial charge on any atom is 0.259 e. The smallest absolute Gasteiger partial charge is 0.259 e. The van der Waals surface area contributed by atoms with Gasteiger partial charge in [0.1, 0.15) is 10.7 Å². The molecule has 0 aromatic carbocycles. The lowest BCUT2D eigenvalue weighted by Gasteiger charge is -2.11. The van der Waals surface area contributed by atoms with Gasteiger partial charge >= 0.3 is 0 Å². The molecule has 0 radical (unpaired) electrons. The highest BCUT2D eigenvalue weighted by molar-refractivity contribution is 9.10. The normalized spacial score (nSPS) is 15.2.